The first-order valence-corrected chi connectivity index (χ1v) is 8.48. The van der Waals surface area contributed by atoms with Crippen LogP contribution in [0, 0.1) is 0 Å². The maximum absolute atomic E-state index is 11.6. The molecular formula is C20H21N3O2. The van der Waals surface area contributed by atoms with Crippen LogP contribution in [0.2, 0.25) is 0 Å². The van der Waals surface area contributed by atoms with E-state index in [2.05, 4.69) is 20.6 Å². The predicted molar refractivity (Wildman–Crippen MR) is 97.8 cm³/mol. The molecule has 128 valence electrons. The highest BCUT2D eigenvalue weighted by Crippen LogP contribution is 2.13. The molecule has 0 N–H and O–H groups in total. The van der Waals surface area contributed by atoms with Crippen LogP contribution in [0.15, 0.2) is 61.2 Å². The van der Waals surface area contributed by atoms with Crippen molar-refractivity contribution in [1.29, 1.82) is 0 Å². The summed E-state index contributed by atoms with van der Waals surface area (Å²) in [5.41, 5.74) is 3.12. The average Bonchev–Trinajstić information content (AvgIpc) is 3.07. The van der Waals surface area contributed by atoms with Crippen molar-refractivity contribution < 1.29 is 9.53 Å². The summed E-state index contributed by atoms with van der Waals surface area (Å²) in [4.78, 5) is 20.0. The van der Waals surface area contributed by atoms with Crippen LogP contribution < -0.4 is 0 Å². The van der Waals surface area contributed by atoms with Gasteiger partial charge in [0.25, 0.3) is 0 Å². The second kappa shape index (κ2) is 8.78. The number of unbranched alkanes of at least 4 members (excludes halogenated alkanes) is 2. The molecule has 0 atom stereocenters. The summed E-state index contributed by atoms with van der Waals surface area (Å²) in [5.74, 6) is -0.308. The topological polar surface area (TPSA) is 57.0 Å². The minimum atomic E-state index is -0.308. The van der Waals surface area contributed by atoms with Crippen molar-refractivity contribution in [3.8, 4) is 0 Å². The van der Waals surface area contributed by atoms with Crippen LogP contribution in [0.5, 0.6) is 0 Å². The zero-order valence-electron chi connectivity index (χ0n) is 14.0. The minimum Gasteiger partial charge on any atom is -0.463 e. The van der Waals surface area contributed by atoms with Crippen LogP contribution in [-0.2, 0) is 16.1 Å². The van der Waals surface area contributed by atoms with Crippen LogP contribution in [-0.4, -0.2) is 27.1 Å². The summed E-state index contributed by atoms with van der Waals surface area (Å²) < 4.78 is 7.38. The quantitative estimate of drug-likeness (QED) is 0.356. The fourth-order valence-corrected chi connectivity index (χ4v) is 2.61. The van der Waals surface area contributed by atoms with E-state index in [1.165, 1.54) is 6.08 Å². The van der Waals surface area contributed by atoms with Gasteiger partial charge in [0.15, 0.2) is 0 Å². The molecule has 0 aliphatic heterocycles. The molecule has 5 nitrogen and oxygen atoms in total. The molecule has 0 saturated carbocycles. The van der Waals surface area contributed by atoms with Crippen molar-refractivity contribution in [1.82, 2.24) is 14.5 Å². The fraction of sp³-hybridized carbons (Fsp3) is 0.250. The third kappa shape index (κ3) is 5.01. The van der Waals surface area contributed by atoms with E-state index < -0.39 is 0 Å². The number of ether oxygens (including phenoxy) is 1. The smallest absolute Gasteiger partial charge is 0.330 e. The highest BCUT2D eigenvalue weighted by molar-refractivity contribution is 5.86. The minimum absolute atomic E-state index is 0.308. The first-order valence-electron chi connectivity index (χ1n) is 8.48. The molecule has 2 heterocycles. The molecule has 0 aliphatic rings. The zero-order chi connectivity index (χ0) is 17.3. The van der Waals surface area contributed by atoms with Crippen LogP contribution >= 0.6 is 0 Å². The molecule has 0 bridgehead atoms. The van der Waals surface area contributed by atoms with E-state index >= 15 is 0 Å². The molecule has 25 heavy (non-hydrogen) atoms. The van der Waals surface area contributed by atoms with Crippen molar-refractivity contribution in [3.05, 3.63) is 66.8 Å². The maximum atomic E-state index is 11.6. The standard InChI is InChI=1S/C20H21N3O2/c24-20(9-8-17-10-12-21-13-11-17)25-15-5-1-4-14-23-16-22-18-6-2-3-7-19(18)23/h2-3,6-13,16H,1,4-5,14-15H2/b9-8+. The number of hydrogen-bond donors (Lipinski definition) is 0. The van der Waals surface area contributed by atoms with E-state index in [0.717, 1.165) is 42.4 Å². The molecule has 0 radical (unpaired) electrons. The summed E-state index contributed by atoms with van der Waals surface area (Å²) >= 11 is 0. The third-order valence-electron chi connectivity index (χ3n) is 3.93. The Bertz CT molecular complexity index is 840. The lowest BCUT2D eigenvalue weighted by Crippen LogP contribution is -2.03. The Morgan fingerprint density at radius 1 is 1.08 bits per heavy atom. The number of esters is 1. The largest absolute Gasteiger partial charge is 0.463 e. The van der Waals surface area contributed by atoms with Crippen LogP contribution in [0.25, 0.3) is 17.1 Å². The number of imidazole rings is 1. The summed E-state index contributed by atoms with van der Waals surface area (Å²) in [7, 11) is 0. The molecule has 0 aliphatic carbocycles. The van der Waals surface area contributed by atoms with Crippen molar-refractivity contribution in [3.63, 3.8) is 0 Å². The van der Waals surface area contributed by atoms with Crippen molar-refractivity contribution in [2.75, 3.05) is 6.61 Å². The van der Waals surface area contributed by atoms with Crippen LogP contribution in [0.4, 0.5) is 0 Å². The van der Waals surface area contributed by atoms with E-state index in [9.17, 15) is 4.79 Å². The van der Waals surface area contributed by atoms with Crippen molar-refractivity contribution in [2.45, 2.75) is 25.8 Å². The van der Waals surface area contributed by atoms with Crippen LogP contribution in [0.1, 0.15) is 24.8 Å². The van der Waals surface area contributed by atoms with Gasteiger partial charge in [0, 0.05) is 25.0 Å². The van der Waals surface area contributed by atoms with Gasteiger partial charge in [0.1, 0.15) is 0 Å². The number of aryl methyl sites for hydroxylation is 1. The van der Waals surface area contributed by atoms with E-state index in [-0.39, 0.29) is 5.97 Å². The van der Waals surface area contributed by atoms with Gasteiger partial charge in [-0.15, -0.1) is 0 Å². The van der Waals surface area contributed by atoms with Gasteiger partial charge in [-0.3, -0.25) is 4.98 Å². The zero-order valence-corrected chi connectivity index (χ0v) is 14.0. The number of carbonyl (C=O) groups excluding carboxylic acids is 1. The summed E-state index contributed by atoms with van der Waals surface area (Å²) in [5, 5.41) is 0. The Labute approximate surface area is 147 Å². The molecule has 5 heteroatoms. The number of hydrogen-bond acceptors (Lipinski definition) is 4. The number of nitrogens with zero attached hydrogens (tertiary/aromatic N) is 3. The normalized spacial score (nSPS) is 11.2. The number of rotatable bonds is 8. The first-order chi connectivity index (χ1) is 12.3. The molecule has 1 aromatic carbocycles. The first kappa shape index (κ1) is 16.9. The lowest BCUT2D eigenvalue weighted by atomic mass is 10.2. The fourth-order valence-electron chi connectivity index (χ4n) is 2.61. The number of pyridine rings is 1. The number of aromatic nitrogens is 3. The number of benzene rings is 1. The Morgan fingerprint density at radius 3 is 2.80 bits per heavy atom. The lowest BCUT2D eigenvalue weighted by molar-refractivity contribution is -0.137. The van der Waals surface area contributed by atoms with E-state index in [4.69, 9.17) is 4.74 Å². The van der Waals surface area contributed by atoms with Gasteiger partial charge < -0.3 is 9.30 Å². The molecule has 2 aromatic heterocycles. The van der Waals surface area contributed by atoms with Gasteiger partial charge in [-0.05, 0) is 55.2 Å². The van der Waals surface area contributed by atoms with Gasteiger partial charge in [0.05, 0.1) is 24.0 Å². The summed E-state index contributed by atoms with van der Waals surface area (Å²) in [6, 6.07) is 11.8. The number of carbonyl (C=O) groups is 1. The Hall–Kier alpha value is -2.95. The Kier molecular flexibility index (Phi) is 5.93. The molecule has 0 fully saturated rings. The van der Waals surface area contributed by atoms with Crippen molar-refractivity contribution >= 4 is 23.1 Å². The van der Waals surface area contributed by atoms with Gasteiger partial charge in [-0.25, -0.2) is 9.78 Å². The Morgan fingerprint density at radius 2 is 1.92 bits per heavy atom. The van der Waals surface area contributed by atoms with Gasteiger partial charge in [0.2, 0.25) is 0 Å². The van der Waals surface area contributed by atoms with Gasteiger partial charge in [-0.2, -0.15) is 0 Å². The molecule has 0 amide bonds. The highest BCUT2D eigenvalue weighted by Gasteiger charge is 2.01. The molecular weight excluding hydrogens is 314 g/mol. The third-order valence-corrected chi connectivity index (χ3v) is 3.93. The summed E-state index contributed by atoms with van der Waals surface area (Å²) in [6.07, 6.45) is 11.3. The average molecular weight is 335 g/mol. The molecule has 3 aromatic rings. The Balaban J connectivity index is 1.32. The van der Waals surface area contributed by atoms with E-state index in [0.29, 0.717) is 6.61 Å². The van der Waals surface area contributed by atoms with Gasteiger partial charge in [-0.1, -0.05) is 12.1 Å². The summed E-state index contributed by atoms with van der Waals surface area (Å²) in [6.45, 7) is 1.38. The predicted octanol–water partition coefficient (Wildman–Crippen LogP) is 3.86. The number of fused-ring (bicyclic) bond motifs is 1. The van der Waals surface area contributed by atoms with Gasteiger partial charge >= 0.3 is 5.97 Å². The van der Waals surface area contributed by atoms with Crippen LogP contribution in [0.3, 0.4) is 0 Å². The maximum Gasteiger partial charge on any atom is 0.330 e. The number of para-hydroxylation sites is 2. The second-order valence-electron chi connectivity index (χ2n) is 5.77. The molecule has 0 unspecified atom stereocenters. The molecule has 0 saturated heterocycles. The highest BCUT2D eigenvalue weighted by atomic mass is 16.5. The monoisotopic (exact) mass is 335 g/mol. The van der Waals surface area contributed by atoms with E-state index in [1.54, 1.807) is 18.5 Å². The molecule has 0 spiro atoms. The molecule has 3 rings (SSSR count). The van der Waals surface area contributed by atoms with Crippen molar-refractivity contribution in [2.24, 2.45) is 0 Å². The second-order valence-corrected chi connectivity index (χ2v) is 5.77. The van der Waals surface area contributed by atoms with E-state index in [1.807, 2.05) is 36.7 Å². The SMILES string of the molecule is O=C(/C=C/c1ccncc1)OCCCCCn1cnc2ccccc21. The lowest BCUT2D eigenvalue weighted by Gasteiger charge is -2.05.